The molecule has 3 rings (SSSR count). The summed E-state index contributed by atoms with van der Waals surface area (Å²) in [6.07, 6.45) is 1.26. The summed E-state index contributed by atoms with van der Waals surface area (Å²) in [4.78, 5) is 26.1. The van der Waals surface area contributed by atoms with Crippen molar-refractivity contribution in [2.24, 2.45) is 11.1 Å². The zero-order valence-electron chi connectivity index (χ0n) is 15.4. The summed E-state index contributed by atoms with van der Waals surface area (Å²) >= 11 is 1.62. The van der Waals surface area contributed by atoms with Crippen LogP contribution in [-0.2, 0) is 11.3 Å². The quantitative estimate of drug-likeness (QED) is 0.605. The van der Waals surface area contributed by atoms with Gasteiger partial charge in [-0.2, -0.15) is 0 Å². The van der Waals surface area contributed by atoms with Crippen LogP contribution in [-0.4, -0.2) is 16.3 Å². The van der Waals surface area contributed by atoms with E-state index in [0.717, 1.165) is 27.8 Å². The van der Waals surface area contributed by atoms with Crippen LogP contribution in [0.25, 0.3) is 21.3 Å². The first kappa shape index (κ1) is 18.4. The molecule has 1 amide bonds. The van der Waals surface area contributed by atoms with Crippen LogP contribution < -0.4 is 5.73 Å². The lowest BCUT2D eigenvalue weighted by atomic mass is 9.92. The van der Waals surface area contributed by atoms with Crippen LogP contribution in [0.2, 0.25) is 0 Å². The Balaban J connectivity index is 2.33. The molecule has 26 heavy (non-hydrogen) atoms. The zero-order chi connectivity index (χ0) is 18.9. The van der Waals surface area contributed by atoms with Crippen LogP contribution in [0.1, 0.15) is 44.1 Å². The number of amides is 1. The number of ketones is 1. The van der Waals surface area contributed by atoms with Gasteiger partial charge in [0.15, 0.2) is 5.78 Å². The predicted octanol–water partition coefficient (Wildman–Crippen LogP) is 4.86. The SMILES string of the molecule is CCCC(=O)c1c(-c2cccs2)c2ccccc2n1CC(C)(C)C(N)=O. The van der Waals surface area contributed by atoms with Crippen molar-refractivity contribution in [3.05, 3.63) is 47.5 Å². The van der Waals surface area contributed by atoms with Gasteiger partial charge in [0.05, 0.1) is 11.1 Å². The Hall–Kier alpha value is -2.40. The summed E-state index contributed by atoms with van der Waals surface area (Å²) in [7, 11) is 0. The number of Topliss-reactive ketones (excluding diaryl/α,β-unsaturated/α-hetero) is 1. The lowest BCUT2D eigenvalue weighted by Gasteiger charge is -2.23. The van der Waals surface area contributed by atoms with Crippen molar-refractivity contribution in [1.29, 1.82) is 0 Å². The van der Waals surface area contributed by atoms with E-state index in [-0.39, 0.29) is 11.7 Å². The highest BCUT2D eigenvalue weighted by Gasteiger charge is 2.31. The summed E-state index contributed by atoms with van der Waals surface area (Å²) < 4.78 is 1.99. The first-order valence-electron chi connectivity index (χ1n) is 8.85. The van der Waals surface area contributed by atoms with Gasteiger partial charge in [0.1, 0.15) is 0 Å². The minimum atomic E-state index is -0.754. The van der Waals surface area contributed by atoms with Gasteiger partial charge in [-0.25, -0.2) is 0 Å². The van der Waals surface area contributed by atoms with Crippen LogP contribution in [0.4, 0.5) is 0 Å². The van der Waals surface area contributed by atoms with Crippen molar-refractivity contribution in [3.8, 4) is 10.4 Å². The Labute approximate surface area is 157 Å². The number of fused-ring (bicyclic) bond motifs is 1. The average molecular weight is 369 g/mol. The van der Waals surface area contributed by atoms with Gasteiger partial charge < -0.3 is 10.3 Å². The number of aromatic nitrogens is 1. The van der Waals surface area contributed by atoms with E-state index in [1.54, 1.807) is 11.3 Å². The predicted molar refractivity (Wildman–Crippen MR) is 107 cm³/mol. The molecular weight excluding hydrogens is 344 g/mol. The van der Waals surface area contributed by atoms with Crippen molar-refractivity contribution in [1.82, 2.24) is 4.57 Å². The van der Waals surface area contributed by atoms with Gasteiger partial charge in [-0.15, -0.1) is 11.3 Å². The third-order valence-corrected chi connectivity index (χ3v) is 5.59. The summed E-state index contributed by atoms with van der Waals surface area (Å²) in [6, 6.07) is 12.0. The van der Waals surface area contributed by atoms with Crippen molar-refractivity contribution in [2.45, 2.75) is 40.2 Å². The maximum atomic E-state index is 13.1. The number of nitrogens with two attached hydrogens (primary N) is 1. The van der Waals surface area contributed by atoms with E-state index < -0.39 is 5.41 Å². The topological polar surface area (TPSA) is 65.1 Å². The number of hydrogen-bond acceptors (Lipinski definition) is 3. The van der Waals surface area contributed by atoms with Gasteiger partial charge in [0.2, 0.25) is 5.91 Å². The zero-order valence-corrected chi connectivity index (χ0v) is 16.2. The van der Waals surface area contributed by atoms with Crippen molar-refractivity contribution in [3.63, 3.8) is 0 Å². The molecule has 3 aromatic rings. The van der Waals surface area contributed by atoms with Gasteiger partial charge in [-0.05, 0) is 37.8 Å². The van der Waals surface area contributed by atoms with Crippen LogP contribution in [0.15, 0.2) is 41.8 Å². The summed E-state index contributed by atoms with van der Waals surface area (Å²) in [5, 5.41) is 3.05. The molecule has 2 N–H and O–H groups in total. The molecular formula is C21H24N2O2S. The van der Waals surface area contributed by atoms with Gasteiger partial charge in [-0.3, -0.25) is 9.59 Å². The molecule has 136 valence electrons. The molecule has 2 aromatic heterocycles. The molecule has 0 aliphatic rings. The molecule has 2 heterocycles. The first-order chi connectivity index (χ1) is 12.4. The number of carbonyl (C=O) groups is 2. The van der Waals surface area contributed by atoms with Crippen LogP contribution in [0.3, 0.4) is 0 Å². The summed E-state index contributed by atoms with van der Waals surface area (Å²) in [6.45, 7) is 6.02. The molecule has 0 unspecified atom stereocenters. The van der Waals surface area contributed by atoms with E-state index >= 15 is 0 Å². The maximum Gasteiger partial charge on any atom is 0.224 e. The number of thiophene rings is 1. The molecule has 0 saturated heterocycles. The minimum absolute atomic E-state index is 0.104. The molecule has 0 fully saturated rings. The highest BCUT2D eigenvalue weighted by molar-refractivity contribution is 7.13. The van der Waals surface area contributed by atoms with Crippen LogP contribution in [0, 0.1) is 5.41 Å². The molecule has 0 aliphatic carbocycles. The molecule has 1 aromatic carbocycles. The molecule has 0 atom stereocenters. The van der Waals surface area contributed by atoms with Crippen LogP contribution >= 0.6 is 11.3 Å². The number of para-hydroxylation sites is 1. The van der Waals surface area contributed by atoms with E-state index in [1.807, 2.05) is 67.1 Å². The molecule has 0 aliphatic heterocycles. The fourth-order valence-corrected chi connectivity index (χ4v) is 4.03. The number of nitrogens with zero attached hydrogens (tertiary/aromatic N) is 1. The monoisotopic (exact) mass is 368 g/mol. The van der Waals surface area contributed by atoms with Crippen LogP contribution in [0.5, 0.6) is 0 Å². The second-order valence-electron chi connectivity index (χ2n) is 7.23. The Morgan fingerprint density at radius 1 is 1.15 bits per heavy atom. The Bertz CT molecular complexity index is 952. The fourth-order valence-electron chi connectivity index (χ4n) is 3.25. The number of benzene rings is 1. The molecule has 0 saturated carbocycles. The number of rotatable bonds is 7. The Kier molecular flexibility index (Phi) is 5.01. The minimum Gasteiger partial charge on any atom is -0.369 e. The summed E-state index contributed by atoms with van der Waals surface area (Å²) in [5.74, 6) is -0.269. The normalized spacial score (nSPS) is 11.8. The highest BCUT2D eigenvalue weighted by atomic mass is 32.1. The molecule has 0 radical (unpaired) electrons. The molecule has 5 heteroatoms. The second kappa shape index (κ2) is 7.08. The third-order valence-electron chi connectivity index (χ3n) is 4.70. The van der Waals surface area contributed by atoms with E-state index in [1.165, 1.54) is 0 Å². The molecule has 4 nitrogen and oxygen atoms in total. The lowest BCUT2D eigenvalue weighted by Crippen LogP contribution is -2.36. The van der Waals surface area contributed by atoms with Crippen molar-refractivity contribution in [2.75, 3.05) is 0 Å². The average Bonchev–Trinajstić information content (AvgIpc) is 3.21. The first-order valence-corrected chi connectivity index (χ1v) is 9.73. The maximum absolute atomic E-state index is 13.1. The fraction of sp³-hybridized carbons (Fsp3) is 0.333. The molecule has 0 spiro atoms. The standard InChI is InChI=1S/C21H24N2O2S/c1-4-8-16(24)19-18(17-11-7-12-26-17)14-9-5-6-10-15(14)23(19)13-21(2,3)20(22)25/h5-7,9-12H,4,8,13H2,1-3H3,(H2,22,25). The highest BCUT2D eigenvalue weighted by Crippen LogP contribution is 2.39. The second-order valence-corrected chi connectivity index (χ2v) is 8.17. The summed E-state index contributed by atoms with van der Waals surface area (Å²) in [5.41, 5.74) is 7.47. The Morgan fingerprint density at radius 2 is 1.88 bits per heavy atom. The van der Waals surface area contributed by atoms with Gasteiger partial charge >= 0.3 is 0 Å². The van der Waals surface area contributed by atoms with Gasteiger partial charge in [-0.1, -0.05) is 31.2 Å². The number of primary amides is 1. The Morgan fingerprint density at radius 3 is 2.50 bits per heavy atom. The largest absolute Gasteiger partial charge is 0.369 e. The number of carbonyl (C=O) groups excluding carboxylic acids is 2. The smallest absolute Gasteiger partial charge is 0.224 e. The van der Waals surface area contributed by atoms with Gasteiger partial charge in [0.25, 0.3) is 0 Å². The number of hydrogen-bond donors (Lipinski definition) is 1. The van der Waals surface area contributed by atoms with E-state index in [0.29, 0.717) is 18.7 Å². The third kappa shape index (κ3) is 3.19. The van der Waals surface area contributed by atoms with Gasteiger partial charge in [0, 0.05) is 34.3 Å². The van der Waals surface area contributed by atoms with E-state index in [2.05, 4.69) is 0 Å². The van der Waals surface area contributed by atoms with Crippen molar-refractivity contribution < 1.29 is 9.59 Å². The lowest BCUT2D eigenvalue weighted by molar-refractivity contribution is -0.126. The molecule has 0 bridgehead atoms. The van der Waals surface area contributed by atoms with Crippen molar-refractivity contribution >= 4 is 33.9 Å². The van der Waals surface area contributed by atoms with E-state index in [4.69, 9.17) is 5.73 Å². The van der Waals surface area contributed by atoms with E-state index in [9.17, 15) is 9.59 Å².